The minimum Gasteiger partial charge on any atom is -0.494 e. The van der Waals surface area contributed by atoms with E-state index in [4.69, 9.17) is 9.47 Å². The molecule has 3 heteroatoms. The summed E-state index contributed by atoms with van der Waals surface area (Å²) in [6.45, 7) is 3.47. The predicted octanol–water partition coefficient (Wildman–Crippen LogP) is 3.50. The van der Waals surface area contributed by atoms with Crippen LogP contribution in [0.25, 0.3) is 0 Å². The van der Waals surface area contributed by atoms with E-state index in [1.165, 1.54) is 5.56 Å². The van der Waals surface area contributed by atoms with Crippen molar-refractivity contribution < 1.29 is 9.47 Å². The van der Waals surface area contributed by atoms with Crippen molar-refractivity contribution in [3.63, 3.8) is 0 Å². The van der Waals surface area contributed by atoms with Crippen molar-refractivity contribution >= 4 is 5.69 Å². The summed E-state index contributed by atoms with van der Waals surface area (Å²) in [5.41, 5.74) is 2.36. The van der Waals surface area contributed by atoms with Crippen LogP contribution in [0.2, 0.25) is 0 Å². The average Bonchev–Trinajstić information content (AvgIpc) is 2.89. The third-order valence-corrected chi connectivity index (χ3v) is 3.39. The molecule has 0 saturated carbocycles. The van der Waals surface area contributed by atoms with Gasteiger partial charge in [-0.25, -0.2) is 0 Å². The van der Waals surface area contributed by atoms with Crippen LogP contribution in [0.15, 0.2) is 48.5 Å². The summed E-state index contributed by atoms with van der Waals surface area (Å²) < 4.78 is 11.4. The Labute approximate surface area is 119 Å². The molecule has 2 aromatic carbocycles. The van der Waals surface area contributed by atoms with Gasteiger partial charge in [0.15, 0.2) is 0 Å². The molecule has 0 bridgehead atoms. The topological polar surface area (TPSA) is 30.5 Å². The molecule has 1 heterocycles. The molecule has 2 aromatic rings. The molecule has 1 aliphatic heterocycles. The number of fused-ring (bicyclic) bond motifs is 1. The maximum absolute atomic E-state index is 5.91. The molecule has 1 aliphatic rings. The highest BCUT2D eigenvalue weighted by molar-refractivity contribution is 5.48. The Morgan fingerprint density at radius 1 is 1.20 bits per heavy atom. The molecule has 20 heavy (non-hydrogen) atoms. The number of anilines is 1. The van der Waals surface area contributed by atoms with Gasteiger partial charge in [0.05, 0.1) is 13.2 Å². The second kappa shape index (κ2) is 5.87. The van der Waals surface area contributed by atoms with Crippen molar-refractivity contribution in [1.82, 2.24) is 0 Å². The molecule has 3 rings (SSSR count). The fraction of sp³-hybridized carbons (Fsp3) is 0.294. The zero-order valence-corrected chi connectivity index (χ0v) is 11.6. The monoisotopic (exact) mass is 269 g/mol. The molecule has 104 valence electrons. The van der Waals surface area contributed by atoms with Crippen molar-refractivity contribution in [2.75, 3.05) is 18.5 Å². The molecule has 0 aliphatic carbocycles. The van der Waals surface area contributed by atoms with Crippen LogP contribution in [0.5, 0.6) is 11.5 Å². The first-order valence-electron chi connectivity index (χ1n) is 7.06. The lowest BCUT2D eigenvalue weighted by atomic mass is 10.1. The maximum Gasteiger partial charge on any atom is 0.123 e. The third-order valence-electron chi connectivity index (χ3n) is 3.39. The fourth-order valence-electron chi connectivity index (χ4n) is 2.46. The highest BCUT2D eigenvalue weighted by Gasteiger charge is 2.21. The van der Waals surface area contributed by atoms with Gasteiger partial charge in [-0.15, -0.1) is 0 Å². The van der Waals surface area contributed by atoms with Gasteiger partial charge in [0, 0.05) is 18.2 Å². The Balaban J connectivity index is 1.57. The van der Waals surface area contributed by atoms with Crippen molar-refractivity contribution in [2.24, 2.45) is 0 Å². The van der Waals surface area contributed by atoms with Gasteiger partial charge in [0.25, 0.3) is 0 Å². The van der Waals surface area contributed by atoms with Crippen LogP contribution < -0.4 is 14.8 Å². The van der Waals surface area contributed by atoms with E-state index in [0.717, 1.165) is 30.2 Å². The van der Waals surface area contributed by atoms with E-state index in [0.29, 0.717) is 6.61 Å². The van der Waals surface area contributed by atoms with Crippen molar-refractivity contribution in [3.05, 3.63) is 54.1 Å². The lowest BCUT2D eigenvalue weighted by Gasteiger charge is -2.13. The van der Waals surface area contributed by atoms with Crippen molar-refractivity contribution in [3.8, 4) is 11.5 Å². The van der Waals surface area contributed by atoms with E-state index in [1.807, 2.05) is 43.3 Å². The Morgan fingerprint density at radius 3 is 2.95 bits per heavy atom. The molecule has 1 atom stereocenters. The van der Waals surface area contributed by atoms with E-state index in [-0.39, 0.29) is 6.10 Å². The molecule has 0 spiro atoms. The lowest BCUT2D eigenvalue weighted by Crippen LogP contribution is -2.23. The van der Waals surface area contributed by atoms with E-state index in [2.05, 4.69) is 17.4 Å². The first kappa shape index (κ1) is 12.9. The third kappa shape index (κ3) is 2.87. The molecule has 0 saturated heterocycles. The summed E-state index contributed by atoms with van der Waals surface area (Å²) in [6, 6.07) is 16.3. The predicted molar refractivity (Wildman–Crippen MR) is 80.7 cm³/mol. The van der Waals surface area contributed by atoms with Gasteiger partial charge in [-0.2, -0.15) is 0 Å². The van der Waals surface area contributed by atoms with E-state index < -0.39 is 0 Å². The number of benzene rings is 2. The lowest BCUT2D eigenvalue weighted by molar-refractivity contribution is 0.246. The summed E-state index contributed by atoms with van der Waals surface area (Å²) in [5, 5.41) is 3.42. The van der Waals surface area contributed by atoms with Gasteiger partial charge in [-0.05, 0) is 30.7 Å². The molecule has 1 unspecified atom stereocenters. The van der Waals surface area contributed by atoms with Gasteiger partial charge in [-0.1, -0.05) is 24.3 Å². The normalized spacial score (nSPS) is 16.4. The fourth-order valence-corrected chi connectivity index (χ4v) is 2.46. The number of hydrogen-bond acceptors (Lipinski definition) is 3. The van der Waals surface area contributed by atoms with Crippen LogP contribution in [0.4, 0.5) is 5.69 Å². The second-order valence-electron chi connectivity index (χ2n) is 4.89. The summed E-state index contributed by atoms with van der Waals surface area (Å²) in [6.07, 6.45) is 1.16. The zero-order valence-electron chi connectivity index (χ0n) is 11.6. The second-order valence-corrected chi connectivity index (χ2v) is 4.89. The first-order chi connectivity index (χ1) is 9.85. The van der Waals surface area contributed by atoms with Crippen molar-refractivity contribution in [1.29, 1.82) is 0 Å². The highest BCUT2D eigenvalue weighted by atomic mass is 16.5. The number of para-hydroxylation sites is 1. The van der Waals surface area contributed by atoms with E-state index >= 15 is 0 Å². The summed E-state index contributed by atoms with van der Waals surface area (Å²) in [4.78, 5) is 0. The summed E-state index contributed by atoms with van der Waals surface area (Å²) in [7, 11) is 0. The summed E-state index contributed by atoms with van der Waals surface area (Å²) >= 11 is 0. The van der Waals surface area contributed by atoms with Crippen LogP contribution in [-0.2, 0) is 6.42 Å². The smallest absolute Gasteiger partial charge is 0.123 e. The number of rotatable bonds is 5. The molecule has 1 N–H and O–H groups in total. The standard InChI is InChI=1S/C17H19NO2/c1-2-19-15-8-5-7-14(11-15)18-12-16-10-13-6-3-4-9-17(13)20-16/h3-9,11,16,18H,2,10,12H2,1H3. The molecule has 0 radical (unpaired) electrons. The zero-order chi connectivity index (χ0) is 13.8. The summed E-state index contributed by atoms with van der Waals surface area (Å²) in [5.74, 6) is 1.91. The van der Waals surface area contributed by atoms with Crippen LogP contribution >= 0.6 is 0 Å². The van der Waals surface area contributed by atoms with Crippen LogP contribution in [0, 0.1) is 0 Å². The minimum atomic E-state index is 0.197. The number of hydrogen-bond donors (Lipinski definition) is 1. The van der Waals surface area contributed by atoms with E-state index in [1.54, 1.807) is 0 Å². The minimum absolute atomic E-state index is 0.197. The van der Waals surface area contributed by atoms with Gasteiger partial charge in [0.1, 0.15) is 17.6 Å². The molecule has 0 fully saturated rings. The number of ether oxygens (including phenoxy) is 2. The molecule has 0 aromatic heterocycles. The van der Waals surface area contributed by atoms with Gasteiger partial charge < -0.3 is 14.8 Å². The van der Waals surface area contributed by atoms with Crippen LogP contribution in [0.3, 0.4) is 0 Å². The highest BCUT2D eigenvalue weighted by Crippen LogP contribution is 2.28. The molecule has 0 amide bonds. The van der Waals surface area contributed by atoms with Gasteiger partial charge in [0.2, 0.25) is 0 Å². The maximum atomic E-state index is 5.91. The van der Waals surface area contributed by atoms with Gasteiger partial charge in [-0.3, -0.25) is 0 Å². The number of nitrogens with one attached hydrogen (secondary N) is 1. The largest absolute Gasteiger partial charge is 0.494 e. The molecular formula is C17H19NO2. The van der Waals surface area contributed by atoms with Crippen LogP contribution in [-0.4, -0.2) is 19.3 Å². The van der Waals surface area contributed by atoms with Crippen molar-refractivity contribution in [2.45, 2.75) is 19.4 Å². The van der Waals surface area contributed by atoms with Gasteiger partial charge >= 0.3 is 0 Å². The Hall–Kier alpha value is -2.16. The van der Waals surface area contributed by atoms with E-state index in [9.17, 15) is 0 Å². The average molecular weight is 269 g/mol. The SMILES string of the molecule is CCOc1cccc(NCC2Cc3ccccc3O2)c1. The van der Waals surface area contributed by atoms with Crippen LogP contribution in [0.1, 0.15) is 12.5 Å². The quantitative estimate of drug-likeness (QED) is 0.901. The molecular weight excluding hydrogens is 250 g/mol. The Kier molecular flexibility index (Phi) is 3.77. The Bertz CT molecular complexity index is 558. The molecule has 3 nitrogen and oxygen atoms in total. The Morgan fingerprint density at radius 2 is 2.10 bits per heavy atom. The first-order valence-corrected chi connectivity index (χ1v) is 7.06.